The van der Waals surface area contributed by atoms with E-state index in [1.54, 1.807) is 4.90 Å². The third kappa shape index (κ3) is 6.52. The van der Waals surface area contributed by atoms with Gasteiger partial charge in [-0.05, 0) is 67.5 Å². The molecule has 1 unspecified atom stereocenters. The van der Waals surface area contributed by atoms with E-state index in [4.69, 9.17) is 9.47 Å². The predicted octanol–water partition coefficient (Wildman–Crippen LogP) is 5.02. The topological polar surface area (TPSA) is 74.3 Å². The Morgan fingerprint density at radius 3 is 2.77 bits per heavy atom. The number of hydrogen-bond donors (Lipinski definition) is 1. The van der Waals surface area contributed by atoms with Crippen LogP contribution in [0.1, 0.15) is 52.0 Å². The van der Waals surface area contributed by atoms with E-state index >= 15 is 0 Å². The second-order valence-corrected chi connectivity index (χ2v) is 12.6. The van der Waals surface area contributed by atoms with Crippen LogP contribution in [0.15, 0.2) is 53.1 Å². The predicted molar refractivity (Wildman–Crippen MR) is 161 cm³/mol. The Balaban J connectivity index is 1.08. The fourth-order valence-corrected chi connectivity index (χ4v) is 6.89. The molecule has 5 rings (SSSR count). The first-order chi connectivity index (χ1) is 19.4. The highest BCUT2D eigenvalue weighted by molar-refractivity contribution is 8.03. The van der Waals surface area contributed by atoms with E-state index in [0.717, 1.165) is 69.0 Å². The van der Waals surface area contributed by atoms with Gasteiger partial charge >= 0.3 is 6.09 Å². The molecular weight excluding hydrogens is 524 g/mol. The van der Waals surface area contributed by atoms with Crippen LogP contribution >= 0.6 is 11.8 Å². The van der Waals surface area contributed by atoms with E-state index in [2.05, 4.69) is 52.6 Å². The van der Waals surface area contributed by atoms with Gasteiger partial charge in [-0.25, -0.2) is 4.79 Å². The van der Waals surface area contributed by atoms with Crippen LogP contribution in [0.2, 0.25) is 0 Å². The Bertz CT molecular complexity index is 1190. The van der Waals surface area contributed by atoms with Gasteiger partial charge in [0, 0.05) is 61.6 Å². The van der Waals surface area contributed by atoms with E-state index in [1.807, 2.05) is 36.9 Å². The van der Waals surface area contributed by atoms with Crippen LogP contribution in [0.4, 0.5) is 10.5 Å². The van der Waals surface area contributed by atoms with Crippen molar-refractivity contribution in [2.45, 2.75) is 57.1 Å². The first-order valence-electron chi connectivity index (χ1n) is 14.5. The number of benzene rings is 1. The molecule has 0 aromatic heterocycles. The number of hydrogen-bond acceptors (Lipinski definition) is 7. The highest BCUT2D eigenvalue weighted by atomic mass is 32.2. The van der Waals surface area contributed by atoms with Gasteiger partial charge in [0.1, 0.15) is 5.75 Å². The molecule has 1 aliphatic carbocycles. The van der Waals surface area contributed by atoms with E-state index in [9.17, 15) is 9.59 Å². The fourth-order valence-electron chi connectivity index (χ4n) is 5.91. The number of piperazine rings is 1. The van der Waals surface area contributed by atoms with Crippen molar-refractivity contribution in [3.05, 3.63) is 58.7 Å². The number of alkyl carbamates (subject to hydrolysis) is 1. The number of allylic oxidation sites excluding steroid dienone is 3. The fraction of sp³-hybridized carbons (Fsp3) is 0.548. The van der Waals surface area contributed by atoms with Gasteiger partial charge in [-0.3, -0.25) is 14.6 Å². The average molecular weight is 567 g/mol. The molecule has 8 nitrogen and oxygen atoms in total. The third-order valence-electron chi connectivity index (χ3n) is 8.14. The molecule has 1 aromatic rings. The Labute approximate surface area is 242 Å². The molecule has 1 aromatic carbocycles. The van der Waals surface area contributed by atoms with Crippen LogP contribution in [0, 0.1) is 0 Å². The summed E-state index contributed by atoms with van der Waals surface area (Å²) in [5, 5.41) is 5.46. The molecule has 1 fully saturated rings. The normalized spacial score (nSPS) is 21.9. The standard InChI is InChI=1S/C31H42N4O4S/c1-4-32-30(37)39-22-35-27-20-23(10-11-25(27)31(2,3)21-29(35)36)38-18-6-5-13-33-14-16-34(17-15-33)26-8-7-9-28-24(26)12-19-40-28/h7-8,10-12,19-20,28H,4-6,9,13-18,21-22H2,1-3H3,(H,32,37). The molecule has 40 heavy (non-hydrogen) atoms. The van der Waals surface area contributed by atoms with Gasteiger partial charge < -0.3 is 19.7 Å². The van der Waals surface area contributed by atoms with Crippen LogP contribution < -0.4 is 15.0 Å². The van der Waals surface area contributed by atoms with Crippen molar-refractivity contribution in [1.29, 1.82) is 0 Å². The van der Waals surface area contributed by atoms with Crippen molar-refractivity contribution in [2.75, 3.05) is 57.5 Å². The van der Waals surface area contributed by atoms with Crippen LogP contribution in [0.25, 0.3) is 0 Å². The lowest BCUT2D eigenvalue weighted by Crippen LogP contribution is -2.46. The number of amides is 2. The number of unbranched alkanes of at least 4 members (excludes halogenated alkanes) is 1. The molecule has 0 saturated carbocycles. The first kappa shape index (κ1) is 28.6. The van der Waals surface area contributed by atoms with Gasteiger partial charge in [-0.2, -0.15) is 0 Å². The van der Waals surface area contributed by atoms with E-state index in [-0.39, 0.29) is 18.1 Å². The number of nitrogens with zero attached hydrogens (tertiary/aromatic N) is 3. The third-order valence-corrected chi connectivity index (χ3v) is 9.21. The summed E-state index contributed by atoms with van der Waals surface area (Å²) in [4.78, 5) is 31.4. The first-order valence-corrected chi connectivity index (χ1v) is 15.5. The van der Waals surface area contributed by atoms with Gasteiger partial charge in [0.05, 0.1) is 12.3 Å². The highest BCUT2D eigenvalue weighted by Crippen LogP contribution is 2.42. The Hall–Kier alpha value is -2.91. The second-order valence-electron chi connectivity index (χ2n) is 11.4. The largest absolute Gasteiger partial charge is 0.494 e. The summed E-state index contributed by atoms with van der Waals surface area (Å²) < 4.78 is 11.4. The monoisotopic (exact) mass is 566 g/mol. The maximum atomic E-state index is 12.9. The molecule has 1 N–H and O–H groups in total. The smallest absolute Gasteiger partial charge is 0.408 e. The van der Waals surface area contributed by atoms with Gasteiger partial charge in [0.25, 0.3) is 0 Å². The molecule has 216 valence electrons. The number of ether oxygens (including phenoxy) is 2. The molecule has 0 radical (unpaired) electrons. The summed E-state index contributed by atoms with van der Waals surface area (Å²) >= 11 is 1.94. The van der Waals surface area contributed by atoms with Crippen molar-refractivity contribution in [3.8, 4) is 5.75 Å². The molecule has 9 heteroatoms. The molecule has 3 aliphatic heterocycles. The zero-order valence-corrected chi connectivity index (χ0v) is 24.8. The minimum atomic E-state index is -0.530. The van der Waals surface area contributed by atoms with Crippen molar-refractivity contribution in [1.82, 2.24) is 15.1 Å². The lowest BCUT2D eigenvalue weighted by molar-refractivity contribution is -0.120. The maximum absolute atomic E-state index is 12.9. The maximum Gasteiger partial charge on any atom is 0.408 e. The summed E-state index contributed by atoms with van der Waals surface area (Å²) in [6, 6.07) is 5.93. The Morgan fingerprint density at radius 1 is 1.15 bits per heavy atom. The lowest BCUT2D eigenvalue weighted by atomic mass is 9.77. The summed E-state index contributed by atoms with van der Waals surface area (Å²) in [6.07, 6.45) is 9.98. The molecule has 3 heterocycles. The molecule has 2 amide bonds. The van der Waals surface area contributed by atoms with Crippen molar-refractivity contribution in [2.24, 2.45) is 0 Å². The van der Waals surface area contributed by atoms with E-state index < -0.39 is 6.09 Å². The number of fused-ring (bicyclic) bond motifs is 2. The summed E-state index contributed by atoms with van der Waals surface area (Å²) in [6.45, 7) is 12.4. The number of nitrogens with one attached hydrogen (secondary N) is 1. The van der Waals surface area contributed by atoms with Gasteiger partial charge in [0.15, 0.2) is 6.73 Å². The number of rotatable bonds is 10. The SMILES string of the molecule is CCNC(=O)OCN1C(=O)CC(C)(C)c2ccc(OCCCCN3CCN(C4=C5C=CSC5CC=C4)CC3)cc21. The van der Waals surface area contributed by atoms with Gasteiger partial charge in [0.2, 0.25) is 5.91 Å². The van der Waals surface area contributed by atoms with Crippen LogP contribution in [-0.2, 0) is 14.9 Å². The minimum absolute atomic E-state index is 0.0611. The zero-order valence-electron chi connectivity index (χ0n) is 24.0. The molecule has 0 bridgehead atoms. The summed E-state index contributed by atoms with van der Waals surface area (Å²) in [5.41, 5.74) is 4.44. The zero-order chi connectivity index (χ0) is 28.1. The van der Waals surface area contributed by atoms with Gasteiger partial charge in [-0.1, -0.05) is 26.0 Å². The molecule has 1 saturated heterocycles. The summed E-state index contributed by atoms with van der Waals surface area (Å²) in [7, 11) is 0. The lowest BCUT2D eigenvalue weighted by Gasteiger charge is -2.38. The molecule has 1 atom stereocenters. The average Bonchev–Trinajstić information content (AvgIpc) is 3.42. The second kappa shape index (κ2) is 12.7. The number of anilines is 1. The van der Waals surface area contributed by atoms with Crippen LogP contribution in [0.5, 0.6) is 5.75 Å². The Kier molecular flexibility index (Phi) is 9.10. The van der Waals surface area contributed by atoms with Crippen LogP contribution in [0.3, 0.4) is 0 Å². The molecular formula is C31H42N4O4S. The summed E-state index contributed by atoms with van der Waals surface area (Å²) in [5.74, 6) is 0.669. The van der Waals surface area contributed by atoms with Crippen LogP contribution in [-0.4, -0.2) is 79.7 Å². The van der Waals surface area contributed by atoms with E-state index in [0.29, 0.717) is 24.8 Å². The van der Waals surface area contributed by atoms with Crippen molar-refractivity contribution in [3.63, 3.8) is 0 Å². The van der Waals surface area contributed by atoms with Crippen molar-refractivity contribution >= 4 is 29.4 Å². The highest BCUT2D eigenvalue weighted by Gasteiger charge is 2.37. The Morgan fingerprint density at radius 2 is 1.98 bits per heavy atom. The molecule has 4 aliphatic rings. The number of thioether (sulfide) groups is 1. The minimum Gasteiger partial charge on any atom is -0.494 e. The number of carbonyl (C=O) groups is 2. The molecule has 0 spiro atoms. The quantitative estimate of drug-likeness (QED) is 0.399. The van der Waals surface area contributed by atoms with Gasteiger partial charge in [-0.15, -0.1) is 11.8 Å². The number of carbonyl (C=O) groups excluding carboxylic acids is 2. The van der Waals surface area contributed by atoms with Crippen molar-refractivity contribution < 1.29 is 19.1 Å². The van der Waals surface area contributed by atoms with E-state index in [1.165, 1.54) is 11.3 Å².